The second kappa shape index (κ2) is 10.1. The standard InChI is InChI=1S/C19H22N2O2S2/c1-3-10-21(12-17-5-4-11-25-17)19(23)14-24-13-18(22)20-16-8-6-15(2)7-9-16/h3-9,11H,1,10,12-14H2,2H3,(H,20,22). The number of hydrogen-bond acceptors (Lipinski definition) is 4. The molecule has 6 heteroatoms. The number of thioether (sulfide) groups is 1. The van der Waals surface area contributed by atoms with Crippen LogP contribution in [0.5, 0.6) is 0 Å². The fourth-order valence-electron chi connectivity index (χ4n) is 2.16. The summed E-state index contributed by atoms with van der Waals surface area (Å²) in [7, 11) is 0. The van der Waals surface area contributed by atoms with Gasteiger partial charge in [-0.1, -0.05) is 29.8 Å². The molecular weight excluding hydrogens is 352 g/mol. The number of anilines is 1. The molecule has 0 radical (unpaired) electrons. The Bertz CT molecular complexity index is 697. The molecule has 0 saturated carbocycles. The Labute approximate surface area is 156 Å². The van der Waals surface area contributed by atoms with E-state index in [9.17, 15) is 9.59 Å². The van der Waals surface area contributed by atoms with Crippen LogP contribution in [-0.4, -0.2) is 34.8 Å². The number of amides is 2. The average Bonchev–Trinajstić information content (AvgIpc) is 3.09. The molecule has 0 fully saturated rings. The third kappa shape index (κ3) is 6.76. The highest BCUT2D eigenvalue weighted by Gasteiger charge is 2.14. The predicted molar refractivity (Wildman–Crippen MR) is 107 cm³/mol. The SMILES string of the molecule is C=CCN(Cc1cccs1)C(=O)CSCC(=O)Nc1ccc(C)cc1. The molecule has 2 rings (SSSR count). The highest BCUT2D eigenvalue weighted by molar-refractivity contribution is 8.00. The largest absolute Gasteiger partial charge is 0.333 e. The van der Waals surface area contributed by atoms with Crippen molar-refractivity contribution in [3.63, 3.8) is 0 Å². The second-order valence-corrected chi connectivity index (χ2v) is 7.57. The van der Waals surface area contributed by atoms with Crippen molar-refractivity contribution in [2.24, 2.45) is 0 Å². The van der Waals surface area contributed by atoms with Gasteiger partial charge in [0.2, 0.25) is 11.8 Å². The summed E-state index contributed by atoms with van der Waals surface area (Å²) in [6.07, 6.45) is 1.72. The highest BCUT2D eigenvalue weighted by Crippen LogP contribution is 2.14. The van der Waals surface area contributed by atoms with E-state index in [0.29, 0.717) is 13.1 Å². The molecule has 1 aromatic heterocycles. The zero-order valence-electron chi connectivity index (χ0n) is 14.2. The van der Waals surface area contributed by atoms with Crippen LogP contribution < -0.4 is 5.32 Å². The van der Waals surface area contributed by atoms with Gasteiger partial charge in [0.1, 0.15) is 0 Å². The summed E-state index contributed by atoms with van der Waals surface area (Å²) in [5.74, 6) is 0.442. The van der Waals surface area contributed by atoms with Crippen LogP contribution in [0.25, 0.3) is 0 Å². The molecule has 2 amide bonds. The van der Waals surface area contributed by atoms with Crippen LogP contribution in [0.15, 0.2) is 54.4 Å². The van der Waals surface area contributed by atoms with E-state index in [1.807, 2.05) is 48.7 Å². The van der Waals surface area contributed by atoms with Gasteiger partial charge in [0, 0.05) is 17.1 Å². The Balaban J connectivity index is 1.76. The van der Waals surface area contributed by atoms with E-state index in [-0.39, 0.29) is 23.3 Å². The van der Waals surface area contributed by atoms with Gasteiger partial charge in [-0.3, -0.25) is 9.59 Å². The van der Waals surface area contributed by atoms with Gasteiger partial charge in [-0.25, -0.2) is 0 Å². The molecular formula is C19H22N2O2S2. The van der Waals surface area contributed by atoms with E-state index in [2.05, 4.69) is 11.9 Å². The number of thiophene rings is 1. The van der Waals surface area contributed by atoms with Gasteiger partial charge in [0.15, 0.2) is 0 Å². The minimum Gasteiger partial charge on any atom is -0.333 e. The maximum absolute atomic E-state index is 12.4. The zero-order chi connectivity index (χ0) is 18.1. The molecule has 1 heterocycles. The minimum atomic E-state index is -0.102. The predicted octanol–water partition coefficient (Wildman–Crippen LogP) is 3.94. The second-order valence-electron chi connectivity index (χ2n) is 5.55. The molecule has 0 saturated heterocycles. The molecule has 2 aromatic rings. The van der Waals surface area contributed by atoms with Crippen molar-refractivity contribution < 1.29 is 9.59 Å². The van der Waals surface area contributed by atoms with E-state index < -0.39 is 0 Å². The quantitative estimate of drug-likeness (QED) is 0.676. The number of aryl methyl sites for hydroxylation is 1. The lowest BCUT2D eigenvalue weighted by Crippen LogP contribution is -2.32. The summed E-state index contributed by atoms with van der Waals surface area (Å²) in [4.78, 5) is 27.2. The molecule has 0 bridgehead atoms. The molecule has 0 atom stereocenters. The molecule has 0 aliphatic rings. The Kier molecular flexibility index (Phi) is 7.76. The fourth-order valence-corrected chi connectivity index (χ4v) is 3.59. The van der Waals surface area contributed by atoms with Crippen molar-refractivity contribution in [3.05, 3.63) is 64.9 Å². The molecule has 0 aliphatic heterocycles. The lowest BCUT2D eigenvalue weighted by Gasteiger charge is -2.20. The zero-order valence-corrected chi connectivity index (χ0v) is 15.9. The summed E-state index contributed by atoms with van der Waals surface area (Å²) in [5.41, 5.74) is 1.92. The van der Waals surface area contributed by atoms with Crippen LogP contribution in [0.4, 0.5) is 5.69 Å². The highest BCUT2D eigenvalue weighted by atomic mass is 32.2. The van der Waals surface area contributed by atoms with Crippen LogP contribution in [0, 0.1) is 6.92 Å². The van der Waals surface area contributed by atoms with Gasteiger partial charge in [0.25, 0.3) is 0 Å². The third-order valence-electron chi connectivity index (χ3n) is 3.42. The topological polar surface area (TPSA) is 49.4 Å². The van der Waals surface area contributed by atoms with E-state index in [1.54, 1.807) is 22.3 Å². The van der Waals surface area contributed by atoms with E-state index in [0.717, 1.165) is 16.1 Å². The van der Waals surface area contributed by atoms with Crippen molar-refractivity contribution in [2.45, 2.75) is 13.5 Å². The molecule has 0 unspecified atom stereocenters. The van der Waals surface area contributed by atoms with E-state index in [4.69, 9.17) is 0 Å². The molecule has 4 nitrogen and oxygen atoms in total. The van der Waals surface area contributed by atoms with E-state index in [1.165, 1.54) is 11.8 Å². The van der Waals surface area contributed by atoms with Crippen molar-refractivity contribution >= 4 is 40.6 Å². The monoisotopic (exact) mass is 374 g/mol. The summed E-state index contributed by atoms with van der Waals surface area (Å²) >= 11 is 2.95. The Morgan fingerprint density at radius 1 is 1.24 bits per heavy atom. The van der Waals surface area contributed by atoms with Crippen molar-refractivity contribution in [2.75, 3.05) is 23.4 Å². The van der Waals surface area contributed by atoms with Gasteiger partial charge in [0.05, 0.1) is 18.1 Å². The molecule has 132 valence electrons. The molecule has 25 heavy (non-hydrogen) atoms. The summed E-state index contributed by atoms with van der Waals surface area (Å²) in [5, 5.41) is 4.83. The first-order valence-corrected chi connectivity index (χ1v) is 9.97. The number of nitrogens with one attached hydrogen (secondary N) is 1. The summed E-state index contributed by atoms with van der Waals surface area (Å²) < 4.78 is 0. The number of hydrogen-bond donors (Lipinski definition) is 1. The lowest BCUT2D eigenvalue weighted by atomic mass is 10.2. The van der Waals surface area contributed by atoms with Gasteiger partial charge in [-0.05, 0) is 30.5 Å². The maximum Gasteiger partial charge on any atom is 0.234 e. The first-order chi connectivity index (χ1) is 12.1. The Morgan fingerprint density at radius 3 is 2.64 bits per heavy atom. The van der Waals surface area contributed by atoms with E-state index >= 15 is 0 Å². The Morgan fingerprint density at radius 2 is 2.00 bits per heavy atom. The number of nitrogens with zero attached hydrogens (tertiary/aromatic N) is 1. The lowest BCUT2D eigenvalue weighted by molar-refractivity contribution is -0.128. The van der Waals surface area contributed by atoms with Gasteiger partial charge in [-0.2, -0.15) is 0 Å². The average molecular weight is 375 g/mol. The van der Waals surface area contributed by atoms with Gasteiger partial charge in [-0.15, -0.1) is 29.7 Å². The first-order valence-electron chi connectivity index (χ1n) is 7.94. The van der Waals surface area contributed by atoms with Crippen LogP contribution >= 0.6 is 23.1 Å². The number of benzene rings is 1. The molecule has 0 aliphatic carbocycles. The maximum atomic E-state index is 12.4. The summed E-state index contributed by atoms with van der Waals surface area (Å²) in [6, 6.07) is 11.6. The number of carbonyl (C=O) groups is 2. The Hall–Kier alpha value is -2.05. The van der Waals surface area contributed by atoms with Crippen LogP contribution in [0.2, 0.25) is 0 Å². The normalized spacial score (nSPS) is 10.3. The number of carbonyl (C=O) groups excluding carboxylic acids is 2. The first kappa shape index (κ1) is 19.3. The van der Waals surface area contributed by atoms with Gasteiger partial charge >= 0.3 is 0 Å². The molecule has 1 N–H and O–H groups in total. The van der Waals surface area contributed by atoms with Crippen molar-refractivity contribution in [1.82, 2.24) is 4.90 Å². The van der Waals surface area contributed by atoms with Gasteiger partial charge < -0.3 is 10.2 Å². The molecule has 1 aromatic carbocycles. The summed E-state index contributed by atoms with van der Waals surface area (Å²) in [6.45, 7) is 6.80. The third-order valence-corrected chi connectivity index (χ3v) is 5.20. The smallest absolute Gasteiger partial charge is 0.234 e. The van der Waals surface area contributed by atoms with Crippen LogP contribution in [-0.2, 0) is 16.1 Å². The molecule has 0 spiro atoms. The van der Waals surface area contributed by atoms with Crippen LogP contribution in [0.1, 0.15) is 10.4 Å². The van der Waals surface area contributed by atoms with Crippen molar-refractivity contribution in [3.8, 4) is 0 Å². The van der Waals surface area contributed by atoms with Crippen molar-refractivity contribution in [1.29, 1.82) is 0 Å². The fraction of sp³-hybridized carbons (Fsp3) is 0.263. The minimum absolute atomic E-state index is 0.0152. The number of rotatable bonds is 9. The van der Waals surface area contributed by atoms with Crippen LogP contribution in [0.3, 0.4) is 0 Å².